The van der Waals surface area contributed by atoms with E-state index in [4.69, 9.17) is 9.84 Å². The third-order valence-corrected chi connectivity index (χ3v) is 11.4. The van der Waals surface area contributed by atoms with E-state index >= 15 is 0 Å². The molecule has 4 rings (SSSR count). The summed E-state index contributed by atoms with van der Waals surface area (Å²) in [5, 5.41) is 8.77. The summed E-state index contributed by atoms with van der Waals surface area (Å²) >= 11 is 0. The van der Waals surface area contributed by atoms with Gasteiger partial charge in [0.15, 0.2) is 0 Å². The lowest BCUT2D eigenvalue weighted by Crippen LogP contribution is -2.51. The Kier molecular flexibility index (Phi) is 8.46. The molecule has 0 aromatic carbocycles. The Balaban J connectivity index is 1.45. The molecule has 0 spiro atoms. The Morgan fingerprint density at radius 3 is 2.49 bits per heavy atom. The number of esters is 1. The fourth-order valence-electron chi connectivity index (χ4n) is 9.26. The molecule has 0 amide bonds. The highest BCUT2D eigenvalue weighted by Gasteiger charge is 2.59. The number of ether oxygens (including phenoxy) is 1. The highest BCUT2D eigenvalue weighted by Crippen LogP contribution is 2.67. The van der Waals surface area contributed by atoms with E-state index in [2.05, 4.69) is 59.8 Å². The van der Waals surface area contributed by atoms with E-state index < -0.39 is 11.9 Å². The molecular weight excluding hydrogens is 460 g/mol. The summed E-state index contributed by atoms with van der Waals surface area (Å²) in [5.41, 5.74) is 2.13. The predicted molar refractivity (Wildman–Crippen MR) is 149 cm³/mol. The second-order valence-corrected chi connectivity index (χ2v) is 13.5. The van der Waals surface area contributed by atoms with Gasteiger partial charge in [-0.2, -0.15) is 0 Å². The molecule has 0 radical (unpaired) electrons. The third-order valence-electron chi connectivity index (χ3n) is 11.4. The zero-order chi connectivity index (χ0) is 27.0. The molecule has 3 fully saturated rings. The second kappa shape index (κ2) is 11.1. The van der Waals surface area contributed by atoms with E-state index in [1.54, 1.807) is 0 Å². The summed E-state index contributed by atoms with van der Waals surface area (Å²) in [7, 11) is 0. The number of carboxylic acid groups (broad SMARTS) is 1. The number of aliphatic carboxylic acids is 1. The quantitative estimate of drug-likeness (QED) is 0.204. The van der Waals surface area contributed by atoms with Gasteiger partial charge in [0.2, 0.25) is 0 Å². The second-order valence-electron chi connectivity index (χ2n) is 13.5. The van der Waals surface area contributed by atoms with Crippen LogP contribution < -0.4 is 0 Å². The number of allylic oxidation sites excluding steroid dienone is 3. The van der Waals surface area contributed by atoms with Crippen molar-refractivity contribution in [2.45, 2.75) is 105 Å². The van der Waals surface area contributed by atoms with E-state index in [0.717, 1.165) is 61.5 Å². The predicted octanol–water partition coefficient (Wildman–Crippen LogP) is 7.99. The molecule has 0 heterocycles. The topological polar surface area (TPSA) is 63.6 Å². The standard InChI is InChI=1S/C33H50O4/c1-7-23(21(2)3)9-8-22(4)27-12-13-28-26-11-10-24-20-25(37-31(36)15-14-30(34)35)16-18-32(24,5)29(26)17-19-33(27,28)6/h8-10,14-15,21-23,25-29H,7,11-13,16-20H2,1-6H3,(H,34,35)/b9-8+,15-14-/t22-,23-,25+,26+,27-,28+,29+,32+,33-/m1/s1. The summed E-state index contributed by atoms with van der Waals surface area (Å²) in [6, 6.07) is 0. The van der Waals surface area contributed by atoms with Crippen LogP contribution in [0.25, 0.3) is 0 Å². The lowest BCUT2D eigenvalue weighted by molar-refractivity contribution is -0.146. The van der Waals surface area contributed by atoms with Crippen LogP contribution in [0.3, 0.4) is 0 Å². The first-order valence-corrected chi connectivity index (χ1v) is 15.0. The van der Waals surface area contributed by atoms with Gasteiger partial charge in [0.05, 0.1) is 0 Å². The van der Waals surface area contributed by atoms with Crippen molar-refractivity contribution in [1.29, 1.82) is 0 Å². The molecule has 37 heavy (non-hydrogen) atoms. The van der Waals surface area contributed by atoms with Gasteiger partial charge >= 0.3 is 11.9 Å². The third kappa shape index (κ3) is 5.50. The minimum atomic E-state index is -1.13. The normalized spacial score (nSPS) is 39.1. The summed E-state index contributed by atoms with van der Waals surface area (Å²) in [6.45, 7) is 14.6. The zero-order valence-electron chi connectivity index (χ0n) is 24.0. The summed E-state index contributed by atoms with van der Waals surface area (Å²) in [5.74, 6) is 3.46. The van der Waals surface area contributed by atoms with Gasteiger partial charge in [-0.15, -0.1) is 0 Å². The number of carbonyl (C=O) groups is 2. The maximum absolute atomic E-state index is 12.1. The van der Waals surface area contributed by atoms with Gasteiger partial charge in [-0.05, 0) is 104 Å². The van der Waals surface area contributed by atoms with Crippen LogP contribution in [0.4, 0.5) is 0 Å². The number of carbonyl (C=O) groups excluding carboxylic acids is 1. The van der Waals surface area contributed by atoms with Gasteiger partial charge in [0.1, 0.15) is 6.10 Å². The van der Waals surface area contributed by atoms with Gasteiger partial charge in [0, 0.05) is 18.6 Å². The van der Waals surface area contributed by atoms with Crippen LogP contribution >= 0.6 is 0 Å². The Labute approximate surface area is 225 Å². The smallest absolute Gasteiger partial charge is 0.331 e. The fourth-order valence-corrected chi connectivity index (χ4v) is 9.26. The summed E-state index contributed by atoms with van der Waals surface area (Å²) in [6.07, 6.45) is 19.8. The molecule has 0 unspecified atom stereocenters. The molecule has 4 nitrogen and oxygen atoms in total. The van der Waals surface area contributed by atoms with E-state index in [1.165, 1.54) is 37.7 Å². The molecular formula is C33H50O4. The lowest BCUT2D eigenvalue weighted by atomic mass is 9.47. The maximum atomic E-state index is 12.1. The number of hydrogen-bond acceptors (Lipinski definition) is 3. The van der Waals surface area contributed by atoms with Crippen molar-refractivity contribution in [1.82, 2.24) is 0 Å². The van der Waals surface area contributed by atoms with Crippen molar-refractivity contribution >= 4 is 11.9 Å². The molecule has 3 saturated carbocycles. The Hall–Kier alpha value is -1.84. The monoisotopic (exact) mass is 510 g/mol. The van der Waals surface area contributed by atoms with E-state index in [1.807, 2.05) is 0 Å². The van der Waals surface area contributed by atoms with Gasteiger partial charge in [-0.25, -0.2) is 9.59 Å². The van der Waals surface area contributed by atoms with Crippen LogP contribution in [-0.2, 0) is 14.3 Å². The molecule has 1 N–H and O–H groups in total. The SMILES string of the molecule is CC[C@H](/C=C/[C@@H](C)[C@H]1CC[C@H]2[C@@H]3CC=C4C[C@@H](OC(=O)/C=C\C(=O)O)CC[C@]4(C)[C@H]3CC[C@]12C)C(C)C. The molecule has 9 atom stereocenters. The minimum Gasteiger partial charge on any atom is -0.478 e. The fraction of sp³-hybridized carbons (Fsp3) is 0.758. The largest absolute Gasteiger partial charge is 0.478 e. The average molecular weight is 511 g/mol. The van der Waals surface area contributed by atoms with Gasteiger partial charge in [0.25, 0.3) is 0 Å². The zero-order valence-corrected chi connectivity index (χ0v) is 24.0. The highest BCUT2D eigenvalue weighted by atomic mass is 16.5. The lowest BCUT2D eigenvalue weighted by Gasteiger charge is -2.58. The molecule has 4 heteroatoms. The van der Waals surface area contributed by atoms with E-state index in [9.17, 15) is 9.59 Å². The Bertz CT molecular complexity index is 944. The highest BCUT2D eigenvalue weighted by molar-refractivity contribution is 5.90. The van der Waals surface area contributed by atoms with Crippen LogP contribution in [0.5, 0.6) is 0 Å². The Morgan fingerprint density at radius 1 is 1.05 bits per heavy atom. The number of rotatable bonds is 8. The van der Waals surface area contributed by atoms with Crippen molar-refractivity contribution in [2.75, 3.05) is 0 Å². The first kappa shape index (κ1) is 28.2. The minimum absolute atomic E-state index is 0.142. The van der Waals surface area contributed by atoms with Crippen LogP contribution in [0.1, 0.15) is 99.3 Å². The van der Waals surface area contributed by atoms with Gasteiger partial charge in [-0.1, -0.05) is 65.3 Å². The first-order chi connectivity index (χ1) is 17.5. The molecule has 4 aliphatic carbocycles. The van der Waals surface area contributed by atoms with Gasteiger partial charge in [-0.3, -0.25) is 0 Å². The molecule has 206 valence electrons. The summed E-state index contributed by atoms with van der Waals surface area (Å²) < 4.78 is 5.62. The Morgan fingerprint density at radius 2 is 1.81 bits per heavy atom. The molecule has 0 aromatic heterocycles. The summed E-state index contributed by atoms with van der Waals surface area (Å²) in [4.78, 5) is 22.8. The van der Waals surface area contributed by atoms with Crippen LogP contribution in [-0.4, -0.2) is 23.1 Å². The molecule has 0 saturated heterocycles. The molecule has 0 aliphatic heterocycles. The van der Waals surface area contributed by atoms with Crippen molar-refractivity contribution in [3.05, 3.63) is 36.0 Å². The van der Waals surface area contributed by atoms with Crippen molar-refractivity contribution in [3.63, 3.8) is 0 Å². The van der Waals surface area contributed by atoms with Crippen LogP contribution in [0.2, 0.25) is 0 Å². The first-order valence-electron chi connectivity index (χ1n) is 15.0. The van der Waals surface area contributed by atoms with Crippen molar-refractivity contribution in [3.8, 4) is 0 Å². The number of hydrogen-bond donors (Lipinski definition) is 1. The van der Waals surface area contributed by atoms with E-state index in [0.29, 0.717) is 23.2 Å². The number of fused-ring (bicyclic) bond motifs is 5. The van der Waals surface area contributed by atoms with Crippen LogP contribution in [0, 0.1) is 52.3 Å². The van der Waals surface area contributed by atoms with Crippen molar-refractivity contribution < 1.29 is 19.4 Å². The number of carboxylic acids is 1. The molecule has 0 bridgehead atoms. The van der Waals surface area contributed by atoms with E-state index in [-0.39, 0.29) is 11.5 Å². The molecule has 0 aromatic rings. The van der Waals surface area contributed by atoms with Crippen LogP contribution in [0.15, 0.2) is 36.0 Å². The van der Waals surface area contributed by atoms with Crippen molar-refractivity contribution in [2.24, 2.45) is 52.3 Å². The van der Waals surface area contributed by atoms with Gasteiger partial charge < -0.3 is 9.84 Å². The maximum Gasteiger partial charge on any atom is 0.331 e. The molecule has 4 aliphatic rings. The average Bonchev–Trinajstić information content (AvgIpc) is 3.20.